The standard InChI is InChI=1S/C24H31Cl2N3O5S/c1-6-16(2)27-24(31)17(3)28(14-18-19(25)10-9-11-20(18)26)23(30)15-29(35(5,32)33)21-12-7-8-13-22(21)34-4/h7-13,16-17H,6,14-15H2,1-5H3,(H,27,31)/t16-,17+/m0/s1. The molecule has 0 radical (unpaired) electrons. The molecule has 0 aliphatic rings. The van der Waals surface area contributed by atoms with Gasteiger partial charge in [0.05, 0.1) is 19.1 Å². The summed E-state index contributed by atoms with van der Waals surface area (Å²) in [5.74, 6) is -0.697. The number of hydrogen-bond donors (Lipinski definition) is 1. The summed E-state index contributed by atoms with van der Waals surface area (Å²) in [6.45, 7) is 4.72. The van der Waals surface area contributed by atoms with E-state index in [9.17, 15) is 18.0 Å². The SMILES string of the molecule is CC[C@H](C)NC(=O)[C@@H](C)N(Cc1c(Cl)cccc1Cl)C(=O)CN(c1ccccc1OC)S(C)(=O)=O. The van der Waals surface area contributed by atoms with Crippen molar-refractivity contribution in [2.24, 2.45) is 0 Å². The van der Waals surface area contributed by atoms with E-state index < -0.39 is 28.5 Å². The zero-order chi connectivity index (χ0) is 26.3. The maximum absolute atomic E-state index is 13.6. The first kappa shape index (κ1) is 28.7. The topological polar surface area (TPSA) is 96.0 Å². The van der Waals surface area contributed by atoms with Gasteiger partial charge in [-0.15, -0.1) is 0 Å². The van der Waals surface area contributed by atoms with E-state index in [0.717, 1.165) is 10.6 Å². The average Bonchev–Trinajstić information content (AvgIpc) is 2.80. The number of hydrogen-bond acceptors (Lipinski definition) is 5. The zero-order valence-electron chi connectivity index (χ0n) is 20.4. The van der Waals surface area contributed by atoms with E-state index in [1.54, 1.807) is 49.4 Å². The fourth-order valence-electron chi connectivity index (χ4n) is 3.33. The van der Waals surface area contributed by atoms with Gasteiger partial charge in [0, 0.05) is 28.2 Å². The van der Waals surface area contributed by atoms with Crippen LogP contribution in [0.4, 0.5) is 5.69 Å². The summed E-state index contributed by atoms with van der Waals surface area (Å²) in [5.41, 5.74) is 0.661. The molecule has 2 atom stereocenters. The van der Waals surface area contributed by atoms with Crippen molar-refractivity contribution in [2.75, 3.05) is 24.2 Å². The lowest BCUT2D eigenvalue weighted by Gasteiger charge is -2.32. The molecule has 0 spiro atoms. The Hall–Kier alpha value is -2.49. The first-order chi connectivity index (χ1) is 16.4. The molecule has 2 rings (SSSR count). The van der Waals surface area contributed by atoms with Crippen LogP contribution in [0.1, 0.15) is 32.8 Å². The van der Waals surface area contributed by atoms with E-state index >= 15 is 0 Å². The predicted molar refractivity (Wildman–Crippen MR) is 140 cm³/mol. The van der Waals surface area contributed by atoms with E-state index in [1.165, 1.54) is 12.0 Å². The highest BCUT2D eigenvalue weighted by molar-refractivity contribution is 7.92. The fourth-order valence-corrected chi connectivity index (χ4v) is 4.70. The first-order valence-corrected chi connectivity index (χ1v) is 13.6. The first-order valence-electron chi connectivity index (χ1n) is 11.0. The number of rotatable bonds is 11. The van der Waals surface area contributed by atoms with Crippen LogP contribution in [0.25, 0.3) is 0 Å². The van der Waals surface area contributed by atoms with Crippen molar-refractivity contribution in [3.05, 3.63) is 58.1 Å². The van der Waals surface area contributed by atoms with Gasteiger partial charge in [0.15, 0.2) is 0 Å². The Labute approximate surface area is 217 Å². The number of benzene rings is 2. The van der Waals surface area contributed by atoms with E-state index in [2.05, 4.69) is 5.32 Å². The molecule has 0 unspecified atom stereocenters. The number of para-hydroxylation sites is 2. The molecular formula is C24H31Cl2N3O5S. The van der Waals surface area contributed by atoms with Crippen molar-refractivity contribution in [3.63, 3.8) is 0 Å². The molecule has 2 amide bonds. The zero-order valence-corrected chi connectivity index (χ0v) is 22.7. The van der Waals surface area contributed by atoms with Crippen molar-refractivity contribution in [1.82, 2.24) is 10.2 Å². The summed E-state index contributed by atoms with van der Waals surface area (Å²) in [4.78, 5) is 27.8. The van der Waals surface area contributed by atoms with Gasteiger partial charge in [-0.05, 0) is 44.5 Å². The van der Waals surface area contributed by atoms with Gasteiger partial charge in [0.25, 0.3) is 0 Å². The maximum atomic E-state index is 13.6. The van der Waals surface area contributed by atoms with Crippen molar-refractivity contribution in [3.8, 4) is 5.75 Å². The number of amides is 2. The van der Waals surface area contributed by atoms with E-state index in [4.69, 9.17) is 27.9 Å². The Morgan fingerprint density at radius 2 is 1.66 bits per heavy atom. The Morgan fingerprint density at radius 3 is 2.20 bits per heavy atom. The quantitative estimate of drug-likeness (QED) is 0.460. The summed E-state index contributed by atoms with van der Waals surface area (Å²) >= 11 is 12.7. The third kappa shape index (κ3) is 7.49. The molecule has 1 N–H and O–H groups in total. The van der Waals surface area contributed by atoms with Crippen LogP contribution in [0.15, 0.2) is 42.5 Å². The lowest BCUT2D eigenvalue weighted by Crippen LogP contribution is -2.52. The smallest absolute Gasteiger partial charge is 0.244 e. The number of ether oxygens (including phenoxy) is 1. The highest BCUT2D eigenvalue weighted by Crippen LogP contribution is 2.30. The van der Waals surface area contributed by atoms with Crippen LogP contribution in [-0.4, -0.2) is 57.1 Å². The fraction of sp³-hybridized carbons (Fsp3) is 0.417. The van der Waals surface area contributed by atoms with Crippen LogP contribution >= 0.6 is 23.2 Å². The lowest BCUT2D eigenvalue weighted by molar-refractivity contribution is -0.139. The highest BCUT2D eigenvalue weighted by Gasteiger charge is 2.32. The van der Waals surface area contributed by atoms with Gasteiger partial charge in [-0.1, -0.05) is 48.3 Å². The molecule has 0 fully saturated rings. The number of halogens is 2. The molecule has 0 aliphatic heterocycles. The number of anilines is 1. The normalized spacial score (nSPS) is 13.0. The second-order valence-electron chi connectivity index (χ2n) is 8.16. The number of methoxy groups -OCH3 is 1. The molecule has 0 bridgehead atoms. The molecule has 0 saturated carbocycles. The third-order valence-electron chi connectivity index (χ3n) is 5.59. The Kier molecular flexibility index (Phi) is 10.2. The number of carbonyl (C=O) groups is 2. The minimum absolute atomic E-state index is 0.0873. The number of nitrogens with one attached hydrogen (secondary N) is 1. The van der Waals surface area contributed by atoms with Crippen LogP contribution in [-0.2, 0) is 26.2 Å². The maximum Gasteiger partial charge on any atom is 0.244 e. The van der Waals surface area contributed by atoms with Crippen molar-refractivity contribution in [2.45, 2.75) is 45.8 Å². The van der Waals surface area contributed by atoms with Gasteiger partial charge in [-0.3, -0.25) is 13.9 Å². The van der Waals surface area contributed by atoms with Crippen molar-refractivity contribution < 1.29 is 22.7 Å². The summed E-state index contributed by atoms with van der Waals surface area (Å²) in [6, 6.07) is 10.4. The number of nitrogens with zero attached hydrogens (tertiary/aromatic N) is 2. The van der Waals surface area contributed by atoms with Gasteiger partial charge < -0.3 is 15.0 Å². The van der Waals surface area contributed by atoms with Gasteiger partial charge >= 0.3 is 0 Å². The largest absolute Gasteiger partial charge is 0.495 e. The summed E-state index contributed by atoms with van der Waals surface area (Å²) in [6.07, 6.45) is 1.71. The van der Waals surface area contributed by atoms with Crippen LogP contribution in [0.3, 0.4) is 0 Å². The second-order valence-corrected chi connectivity index (χ2v) is 10.9. The van der Waals surface area contributed by atoms with Crippen molar-refractivity contribution >= 4 is 50.7 Å². The molecule has 11 heteroatoms. The van der Waals surface area contributed by atoms with Crippen molar-refractivity contribution in [1.29, 1.82) is 0 Å². The molecule has 0 aliphatic carbocycles. The molecule has 0 saturated heterocycles. The number of carbonyl (C=O) groups excluding carboxylic acids is 2. The summed E-state index contributed by atoms with van der Waals surface area (Å²) in [5, 5.41) is 3.52. The minimum Gasteiger partial charge on any atom is -0.495 e. The van der Waals surface area contributed by atoms with Gasteiger partial charge in [-0.25, -0.2) is 8.42 Å². The van der Waals surface area contributed by atoms with E-state index in [1.807, 2.05) is 13.8 Å². The Bertz CT molecular complexity index is 1140. The van der Waals surface area contributed by atoms with Gasteiger partial charge in [0.1, 0.15) is 18.3 Å². The minimum atomic E-state index is -3.88. The Morgan fingerprint density at radius 1 is 1.06 bits per heavy atom. The van der Waals surface area contributed by atoms with Crippen LogP contribution in [0.2, 0.25) is 10.0 Å². The summed E-state index contributed by atoms with van der Waals surface area (Å²) in [7, 11) is -2.47. The third-order valence-corrected chi connectivity index (χ3v) is 7.43. The van der Waals surface area contributed by atoms with E-state index in [-0.39, 0.29) is 29.9 Å². The average molecular weight is 545 g/mol. The Balaban J connectivity index is 2.48. The molecule has 8 nitrogen and oxygen atoms in total. The summed E-state index contributed by atoms with van der Waals surface area (Å²) < 4.78 is 31.6. The van der Waals surface area contributed by atoms with Crippen LogP contribution in [0, 0.1) is 0 Å². The van der Waals surface area contributed by atoms with Gasteiger partial charge in [0.2, 0.25) is 21.8 Å². The molecule has 2 aromatic rings. The van der Waals surface area contributed by atoms with Crippen LogP contribution in [0.5, 0.6) is 5.75 Å². The molecule has 0 aromatic heterocycles. The predicted octanol–water partition coefficient (Wildman–Crippen LogP) is 4.10. The molecule has 192 valence electrons. The van der Waals surface area contributed by atoms with Crippen LogP contribution < -0.4 is 14.4 Å². The molecular weight excluding hydrogens is 513 g/mol. The highest BCUT2D eigenvalue weighted by atomic mass is 35.5. The lowest BCUT2D eigenvalue weighted by atomic mass is 10.1. The monoisotopic (exact) mass is 543 g/mol. The van der Waals surface area contributed by atoms with Gasteiger partial charge in [-0.2, -0.15) is 0 Å². The van der Waals surface area contributed by atoms with E-state index in [0.29, 0.717) is 22.0 Å². The molecule has 35 heavy (non-hydrogen) atoms. The number of sulfonamides is 1. The molecule has 2 aromatic carbocycles. The second kappa shape index (κ2) is 12.5. The molecule has 0 heterocycles.